The van der Waals surface area contributed by atoms with Crippen LogP contribution in [0.5, 0.6) is 0 Å². The van der Waals surface area contributed by atoms with Gasteiger partial charge in [-0.2, -0.15) is 0 Å². The summed E-state index contributed by atoms with van der Waals surface area (Å²) in [6.45, 7) is 8.70. The molecule has 1 aromatic heterocycles. The molecule has 3 aromatic rings. The summed E-state index contributed by atoms with van der Waals surface area (Å²) >= 11 is 6.18. The van der Waals surface area contributed by atoms with E-state index in [9.17, 15) is 17.6 Å². The standard InChI is InChI=1S/C19H14ClFN4O3S/c1-3-8-29(27,28)25-14-7-5-12(21)17(18(14)20)19(26)11-4-6-13-15(9-11)24-16(22-2)10-23-13/h4-7,9-10,25H,3,8H2,1H3. The van der Waals surface area contributed by atoms with Crippen LogP contribution in [-0.4, -0.2) is 29.9 Å². The van der Waals surface area contributed by atoms with Crippen LogP contribution >= 0.6 is 11.6 Å². The molecule has 0 saturated heterocycles. The highest BCUT2D eigenvalue weighted by Gasteiger charge is 2.23. The molecule has 0 saturated carbocycles. The SMILES string of the molecule is [C-]#[N+]c1cnc2ccc(C(=O)c3c(F)ccc(NS(=O)(=O)CCC)c3Cl)cc2n1. The molecule has 0 spiro atoms. The quantitative estimate of drug-likeness (QED) is 0.461. The van der Waals surface area contributed by atoms with Crippen LogP contribution in [0.4, 0.5) is 15.9 Å². The molecule has 7 nitrogen and oxygen atoms in total. The second kappa shape index (κ2) is 8.11. The van der Waals surface area contributed by atoms with Gasteiger partial charge < -0.3 is 4.85 Å². The Bertz CT molecular complexity index is 1270. The van der Waals surface area contributed by atoms with Crippen molar-refractivity contribution >= 4 is 49.9 Å². The predicted octanol–water partition coefficient (Wildman–Crippen LogP) is 4.36. The largest absolute Gasteiger partial charge is 0.359 e. The Hall–Kier alpha value is -3.09. The lowest BCUT2D eigenvalue weighted by Gasteiger charge is -2.12. The van der Waals surface area contributed by atoms with Crippen LogP contribution in [-0.2, 0) is 10.0 Å². The third kappa shape index (κ3) is 4.34. The second-order valence-electron chi connectivity index (χ2n) is 6.08. The highest BCUT2D eigenvalue weighted by atomic mass is 35.5. The molecule has 1 heterocycles. The lowest BCUT2D eigenvalue weighted by molar-refractivity contribution is 0.103. The van der Waals surface area contributed by atoms with E-state index in [0.29, 0.717) is 17.5 Å². The maximum atomic E-state index is 14.4. The summed E-state index contributed by atoms with van der Waals surface area (Å²) in [5.41, 5.74) is 0.281. The lowest BCUT2D eigenvalue weighted by atomic mass is 10.0. The molecule has 0 radical (unpaired) electrons. The minimum Gasteiger partial charge on any atom is -0.359 e. The van der Waals surface area contributed by atoms with Crippen molar-refractivity contribution in [3.05, 3.63) is 69.9 Å². The summed E-state index contributed by atoms with van der Waals surface area (Å²) in [5, 5.41) is -0.337. The van der Waals surface area contributed by atoms with Gasteiger partial charge in [0.2, 0.25) is 10.0 Å². The van der Waals surface area contributed by atoms with E-state index in [1.165, 1.54) is 24.4 Å². The number of anilines is 1. The van der Waals surface area contributed by atoms with E-state index in [1.54, 1.807) is 6.92 Å². The van der Waals surface area contributed by atoms with Crippen molar-refractivity contribution in [3.8, 4) is 0 Å². The van der Waals surface area contributed by atoms with Crippen molar-refractivity contribution in [1.82, 2.24) is 9.97 Å². The fourth-order valence-corrected chi connectivity index (χ4v) is 4.15. The predicted molar refractivity (Wildman–Crippen MR) is 108 cm³/mol. The number of benzene rings is 2. The van der Waals surface area contributed by atoms with E-state index < -0.39 is 27.2 Å². The Morgan fingerprint density at radius 3 is 2.72 bits per heavy atom. The minimum absolute atomic E-state index is 0.0543. The van der Waals surface area contributed by atoms with E-state index in [4.69, 9.17) is 18.2 Å². The number of carbonyl (C=O) groups excluding carboxylic acids is 1. The molecular formula is C19H14ClFN4O3S. The molecule has 29 heavy (non-hydrogen) atoms. The molecule has 0 aliphatic rings. The molecule has 0 unspecified atom stereocenters. The molecule has 0 amide bonds. The molecule has 1 N–H and O–H groups in total. The summed E-state index contributed by atoms with van der Waals surface area (Å²) in [6.07, 6.45) is 1.68. The van der Waals surface area contributed by atoms with Crippen LogP contribution in [0.2, 0.25) is 5.02 Å². The Morgan fingerprint density at radius 2 is 2.03 bits per heavy atom. The number of halogens is 2. The van der Waals surface area contributed by atoms with Gasteiger partial charge in [0.25, 0.3) is 5.82 Å². The van der Waals surface area contributed by atoms with Gasteiger partial charge in [-0.1, -0.05) is 25.1 Å². The number of hydrogen-bond acceptors (Lipinski definition) is 5. The summed E-state index contributed by atoms with van der Waals surface area (Å²) in [4.78, 5) is 24.2. The van der Waals surface area contributed by atoms with Crippen molar-refractivity contribution in [2.75, 3.05) is 10.5 Å². The van der Waals surface area contributed by atoms with E-state index in [0.717, 1.165) is 12.1 Å². The van der Waals surface area contributed by atoms with Gasteiger partial charge in [-0.3, -0.25) is 14.5 Å². The number of rotatable bonds is 6. The van der Waals surface area contributed by atoms with Crippen LogP contribution < -0.4 is 4.72 Å². The van der Waals surface area contributed by atoms with Gasteiger partial charge in [0.05, 0.1) is 28.2 Å². The first-order valence-corrected chi connectivity index (χ1v) is 10.5. The molecular weight excluding hydrogens is 419 g/mol. The summed E-state index contributed by atoms with van der Waals surface area (Å²) in [5.74, 6) is -1.73. The molecule has 10 heteroatoms. The first kappa shape index (κ1) is 20.6. The summed E-state index contributed by atoms with van der Waals surface area (Å²) in [6, 6.07) is 6.46. The fourth-order valence-electron chi connectivity index (χ4n) is 2.67. The molecule has 0 bridgehead atoms. The average molecular weight is 433 g/mol. The number of sulfonamides is 1. The normalized spacial score (nSPS) is 11.2. The topological polar surface area (TPSA) is 93.4 Å². The van der Waals surface area contributed by atoms with Gasteiger partial charge in [-0.25, -0.2) is 12.8 Å². The Kier molecular flexibility index (Phi) is 5.77. The van der Waals surface area contributed by atoms with E-state index in [-0.39, 0.29) is 27.8 Å². The maximum Gasteiger partial charge on any atom is 0.288 e. The Morgan fingerprint density at radius 1 is 1.28 bits per heavy atom. The summed E-state index contributed by atoms with van der Waals surface area (Å²) in [7, 11) is -3.68. The number of ketones is 1. The van der Waals surface area contributed by atoms with Gasteiger partial charge in [0.1, 0.15) is 11.3 Å². The highest BCUT2D eigenvalue weighted by molar-refractivity contribution is 7.92. The van der Waals surface area contributed by atoms with Crippen LogP contribution in [0.1, 0.15) is 29.3 Å². The van der Waals surface area contributed by atoms with Gasteiger partial charge in [-0.15, -0.1) is 4.98 Å². The Balaban J connectivity index is 2.06. The van der Waals surface area contributed by atoms with Crippen LogP contribution in [0.3, 0.4) is 0 Å². The maximum absolute atomic E-state index is 14.4. The molecule has 0 atom stereocenters. The monoisotopic (exact) mass is 432 g/mol. The smallest absolute Gasteiger partial charge is 0.288 e. The van der Waals surface area contributed by atoms with Crippen LogP contribution in [0, 0.1) is 12.4 Å². The molecule has 2 aromatic carbocycles. The third-order valence-electron chi connectivity index (χ3n) is 3.96. The highest BCUT2D eigenvalue weighted by Crippen LogP contribution is 2.31. The van der Waals surface area contributed by atoms with Crippen molar-refractivity contribution < 1.29 is 17.6 Å². The van der Waals surface area contributed by atoms with Gasteiger partial charge in [0, 0.05) is 11.6 Å². The minimum atomic E-state index is -3.68. The van der Waals surface area contributed by atoms with E-state index >= 15 is 0 Å². The Labute approximate surface area is 171 Å². The van der Waals surface area contributed by atoms with Crippen LogP contribution in [0.15, 0.2) is 36.5 Å². The van der Waals surface area contributed by atoms with Gasteiger partial charge in [-0.05, 0) is 30.7 Å². The summed E-state index contributed by atoms with van der Waals surface area (Å²) < 4.78 is 40.7. The molecule has 0 aliphatic carbocycles. The average Bonchev–Trinajstić information content (AvgIpc) is 2.69. The first-order chi connectivity index (χ1) is 13.8. The zero-order valence-corrected chi connectivity index (χ0v) is 16.7. The number of hydrogen-bond donors (Lipinski definition) is 1. The van der Waals surface area contributed by atoms with Crippen LogP contribution in [0.25, 0.3) is 15.9 Å². The van der Waals surface area contributed by atoms with E-state index in [2.05, 4.69) is 19.5 Å². The molecule has 3 rings (SSSR count). The second-order valence-corrected chi connectivity index (χ2v) is 8.30. The number of carbonyl (C=O) groups is 1. The number of nitrogens with zero attached hydrogens (tertiary/aromatic N) is 3. The zero-order chi connectivity index (χ0) is 21.2. The van der Waals surface area contributed by atoms with Gasteiger partial charge in [0.15, 0.2) is 11.3 Å². The van der Waals surface area contributed by atoms with Crippen molar-refractivity contribution in [3.63, 3.8) is 0 Å². The molecule has 0 aliphatic heterocycles. The first-order valence-electron chi connectivity index (χ1n) is 8.43. The number of nitrogens with one attached hydrogen (secondary N) is 1. The van der Waals surface area contributed by atoms with Gasteiger partial charge >= 0.3 is 0 Å². The zero-order valence-electron chi connectivity index (χ0n) is 15.1. The lowest BCUT2D eigenvalue weighted by Crippen LogP contribution is -2.17. The fraction of sp³-hybridized carbons (Fsp3) is 0.158. The van der Waals surface area contributed by atoms with Crippen molar-refractivity contribution in [2.45, 2.75) is 13.3 Å². The number of fused-ring (bicyclic) bond motifs is 1. The third-order valence-corrected chi connectivity index (χ3v) is 5.83. The molecule has 148 valence electrons. The number of aromatic nitrogens is 2. The molecule has 0 fully saturated rings. The van der Waals surface area contributed by atoms with E-state index in [1.807, 2.05) is 0 Å². The van der Waals surface area contributed by atoms with Crippen molar-refractivity contribution in [1.29, 1.82) is 0 Å². The van der Waals surface area contributed by atoms with Crippen molar-refractivity contribution in [2.24, 2.45) is 0 Å².